The van der Waals surface area contributed by atoms with Crippen LogP contribution in [0.25, 0.3) is 0 Å². The standard InChI is InChI=1S/C11H20N2/c1-4-5-8-13-9-6-7-11(13)10-12(2)3/h6-7,9H,4-5,8,10H2,1-3H3. The second-order valence-electron chi connectivity index (χ2n) is 3.78. The summed E-state index contributed by atoms with van der Waals surface area (Å²) in [5.41, 5.74) is 1.42. The normalized spacial score (nSPS) is 11.1. The van der Waals surface area contributed by atoms with Gasteiger partial charge in [0.25, 0.3) is 0 Å². The molecule has 0 spiro atoms. The molecule has 1 aromatic rings. The minimum Gasteiger partial charge on any atom is -0.350 e. The lowest BCUT2D eigenvalue weighted by atomic mass is 10.3. The van der Waals surface area contributed by atoms with Crippen molar-refractivity contribution in [3.63, 3.8) is 0 Å². The molecule has 0 fully saturated rings. The molecule has 0 radical (unpaired) electrons. The van der Waals surface area contributed by atoms with Crippen LogP contribution in [0, 0.1) is 0 Å². The van der Waals surface area contributed by atoms with E-state index < -0.39 is 0 Å². The van der Waals surface area contributed by atoms with Crippen LogP contribution in [0.3, 0.4) is 0 Å². The summed E-state index contributed by atoms with van der Waals surface area (Å²) in [7, 11) is 4.22. The first-order valence-electron chi connectivity index (χ1n) is 5.02. The summed E-state index contributed by atoms with van der Waals surface area (Å²) in [6.07, 6.45) is 4.71. The van der Waals surface area contributed by atoms with Crippen molar-refractivity contribution in [1.29, 1.82) is 0 Å². The van der Waals surface area contributed by atoms with Gasteiger partial charge in [-0.15, -0.1) is 0 Å². The maximum atomic E-state index is 2.35. The van der Waals surface area contributed by atoms with Crippen molar-refractivity contribution < 1.29 is 0 Å². The maximum Gasteiger partial charge on any atom is 0.0381 e. The van der Waals surface area contributed by atoms with Crippen molar-refractivity contribution in [1.82, 2.24) is 9.47 Å². The fraction of sp³-hybridized carbons (Fsp3) is 0.636. The highest BCUT2D eigenvalue weighted by Crippen LogP contribution is 2.06. The third-order valence-electron chi connectivity index (χ3n) is 2.15. The Bertz CT molecular complexity index is 238. The third-order valence-corrected chi connectivity index (χ3v) is 2.15. The molecule has 74 valence electrons. The van der Waals surface area contributed by atoms with E-state index in [1.54, 1.807) is 0 Å². The zero-order valence-corrected chi connectivity index (χ0v) is 8.95. The van der Waals surface area contributed by atoms with Gasteiger partial charge in [-0.3, -0.25) is 0 Å². The number of nitrogens with zero attached hydrogens (tertiary/aromatic N) is 2. The average Bonchev–Trinajstić information content (AvgIpc) is 2.48. The SMILES string of the molecule is CCCCn1cccc1CN(C)C. The number of aryl methyl sites for hydroxylation is 1. The Balaban J connectivity index is 2.55. The van der Waals surface area contributed by atoms with Gasteiger partial charge in [0.1, 0.15) is 0 Å². The smallest absolute Gasteiger partial charge is 0.0381 e. The number of aromatic nitrogens is 1. The highest BCUT2D eigenvalue weighted by molar-refractivity contribution is 5.06. The Morgan fingerprint density at radius 1 is 1.38 bits per heavy atom. The Labute approximate surface area is 81.2 Å². The van der Waals surface area contributed by atoms with Crippen LogP contribution in [-0.2, 0) is 13.1 Å². The van der Waals surface area contributed by atoms with Crippen molar-refractivity contribution in [3.05, 3.63) is 24.0 Å². The molecule has 1 aromatic heterocycles. The summed E-state index contributed by atoms with van der Waals surface area (Å²) >= 11 is 0. The van der Waals surface area contributed by atoms with Crippen molar-refractivity contribution in [2.75, 3.05) is 14.1 Å². The predicted octanol–water partition coefficient (Wildman–Crippen LogP) is 2.35. The Hall–Kier alpha value is -0.760. The minimum absolute atomic E-state index is 1.04. The summed E-state index contributed by atoms with van der Waals surface area (Å²) in [4.78, 5) is 2.21. The number of hydrogen-bond donors (Lipinski definition) is 0. The molecule has 0 aliphatic carbocycles. The van der Waals surface area contributed by atoms with Gasteiger partial charge in [-0.05, 0) is 32.6 Å². The van der Waals surface area contributed by atoms with Gasteiger partial charge < -0.3 is 9.47 Å². The van der Waals surface area contributed by atoms with E-state index in [9.17, 15) is 0 Å². The van der Waals surface area contributed by atoms with Crippen molar-refractivity contribution in [2.24, 2.45) is 0 Å². The summed E-state index contributed by atoms with van der Waals surface area (Å²) in [6.45, 7) is 4.43. The molecule has 0 amide bonds. The quantitative estimate of drug-likeness (QED) is 0.675. The third kappa shape index (κ3) is 3.23. The summed E-state index contributed by atoms with van der Waals surface area (Å²) < 4.78 is 2.35. The lowest BCUT2D eigenvalue weighted by molar-refractivity contribution is 0.386. The summed E-state index contributed by atoms with van der Waals surface area (Å²) in [6, 6.07) is 4.34. The Morgan fingerprint density at radius 3 is 2.77 bits per heavy atom. The first-order valence-corrected chi connectivity index (χ1v) is 5.02. The lowest BCUT2D eigenvalue weighted by Gasteiger charge is -2.12. The van der Waals surface area contributed by atoms with Gasteiger partial charge in [-0.25, -0.2) is 0 Å². The molecule has 0 saturated carbocycles. The molecule has 1 rings (SSSR count). The fourth-order valence-electron chi connectivity index (χ4n) is 1.46. The number of hydrogen-bond acceptors (Lipinski definition) is 1. The van der Waals surface area contributed by atoms with Gasteiger partial charge >= 0.3 is 0 Å². The van der Waals surface area contributed by atoms with Gasteiger partial charge in [-0.1, -0.05) is 13.3 Å². The van der Waals surface area contributed by atoms with E-state index in [-0.39, 0.29) is 0 Å². The van der Waals surface area contributed by atoms with Crippen molar-refractivity contribution >= 4 is 0 Å². The van der Waals surface area contributed by atoms with Crippen LogP contribution in [-0.4, -0.2) is 23.6 Å². The van der Waals surface area contributed by atoms with E-state index in [0.29, 0.717) is 0 Å². The highest BCUT2D eigenvalue weighted by Gasteiger charge is 2.00. The van der Waals surface area contributed by atoms with E-state index in [4.69, 9.17) is 0 Å². The van der Waals surface area contributed by atoms with Gasteiger partial charge in [0.15, 0.2) is 0 Å². The van der Waals surface area contributed by atoms with Crippen LogP contribution in [0.5, 0.6) is 0 Å². The van der Waals surface area contributed by atoms with E-state index >= 15 is 0 Å². The largest absolute Gasteiger partial charge is 0.350 e. The van der Waals surface area contributed by atoms with Gasteiger partial charge in [0.2, 0.25) is 0 Å². The monoisotopic (exact) mass is 180 g/mol. The molecule has 0 N–H and O–H groups in total. The molecule has 0 bridgehead atoms. The maximum absolute atomic E-state index is 2.35. The average molecular weight is 180 g/mol. The molecule has 0 aromatic carbocycles. The first kappa shape index (κ1) is 10.3. The summed E-state index contributed by atoms with van der Waals surface area (Å²) in [5.74, 6) is 0. The van der Waals surface area contributed by atoms with Crippen LogP contribution < -0.4 is 0 Å². The second-order valence-corrected chi connectivity index (χ2v) is 3.78. The van der Waals surface area contributed by atoms with Gasteiger partial charge in [0, 0.05) is 25.0 Å². The Kier molecular flexibility index (Phi) is 4.03. The van der Waals surface area contributed by atoms with E-state index in [1.165, 1.54) is 18.5 Å². The van der Waals surface area contributed by atoms with Crippen LogP contribution in [0.1, 0.15) is 25.5 Å². The highest BCUT2D eigenvalue weighted by atomic mass is 15.1. The first-order chi connectivity index (χ1) is 6.24. The fourth-order valence-corrected chi connectivity index (χ4v) is 1.46. The predicted molar refractivity (Wildman–Crippen MR) is 56.7 cm³/mol. The molecule has 0 saturated heterocycles. The van der Waals surface area contributed by atoms with Crippen molar-refractivity contribution in [2.45, 2.75) is 32.9 Å². The molecule has 0 atom stereocenters. The number of rotatable bonds is 5. The molecule has 2 nitrogen and oxygen atoms in total. The molecule has 1 heterocycles. The van der Waals surface area contributed by atoms with Crippen LogP contribution in [0.4, 0.5) is 0 Å². The topological polar surface area (TPSA) is 8.17 Å². The van der Waals surface area contributed by atoms with Crippen molar-refractivity contribution in [3.8, 4) is 0 Å². The zero-order chi connectivity index (χ0) is 9.68. The van der Waals surface area contributed by atoms with Crippen LogP contribution in [0.15, 0.2) is 18.3 Å². The molecular weight excluding hydrogens is 160 g/mol. The molecule has 0 unspecified atom stereocenters. The van der Waals surface area contributed by atoms with Crippen LogP contribution in [0.2, 0.25) is 0 Å². The molecule has 0 aliphatic heterocycles. The van der Waals surface area contributed by atoms with E-state index in [2.05, 4.69) is 48.8 Å². The van der Waals surface area contributed by atoms with E-state index in [1.807, 2.05) is 0 Å². The molecule has 2 heteroatoms. The molecule has 0 aliphatic rings. The second kappa shape index (κ2) is 5.07. The summed E-state index contributed by atoms with van der Waals surface area (Å²) in [5, 5.41) is 0. The minimum atomic E-state index is 1.04. The van der Waals surface area contributed by atoms with E-state index in [0.717, 1.165) is 13.1 Å². The molecule has 13 heavy (non-hydrogen) atoms. The number of unbranched alkanes of at least 4 members (excludes halogenated alkanes) is 1. The van der Waals surface area contributed by atoms with Gasteiger partial charge in [-0.2, -0.15) is 0 Å². The zero-order valence-electron chi connectivity index (χ0n) is 8.95. The van der Waals surface area contributed by atoms with Crippen LogP contribution >= 0.6 is 0 Å². The lowest BCUT2D eigenvalue weighted by Crippen LogP contribution is -2.14. The molecular formula is C11H20N2. The Morgan fingerprint density at radius 2 is 2.15 bits per heavy atom. The van der Waals surface area contributed by atoms with Gasteiger partial charge in [0.05, 0.1) is 0 Å².